The first-order valence-corrected chi connectivity index (χ1v) is 10.6. The van der Waals surface area contributed by atoms with Gasteiger partial charge in [-0.05, 0) is 37.1 Å². The highest BCUT2D eigenvalue weighted by Crippen LogP contribution is 2.14. The Balaban J connectivity index is 1.90. The molecule has 0 saturated heterocycles. The van der Waals surface area contributed by atoms with Crippen LogP contribution < -0.4 is 4.74 Å². The number of esters is 1. The molecule has 1 aromatic carbocycles. The number of carbonyl (C=O) groups is 2. The van der Waals surface area contributed by atoms with Crippen LogP contribution in [0.25, 0.3) is 0 Å². The van der Waals surface area contributed by atoms with E-state index < -0.39 is 0 Å². The molecule has 0 aliphatic rings. The van der Waals surface area contributed by atoms with Crippen molar-refractivity contribution in [1.82, 2.24) is 0 Å². The van der Waals surface area contributed by atoms with Gasteiger partial charge in [-0.15, -0.1) is 0 Å². The van der Waals surface area contributed by atoms with Crippen LogP contribution in [0.15, 0.2) is 24.3 Å². The van der Waals surface area contributed by atoms with E-state index in [2.05, 4.69) is 0 Å². The zero-order valence-electron chi connectivity index (χ0n) is 16.1. The summed E-state index contributed by atoms with van der Waals surface area (Å²) in [5.74, 6) is 1.43. The van der Waals surface area contributed by atoms with Crippen molar-refractivity contribution < 1.29 is 19.1 Å². The Hall–Kier alpha value is -1.49. The minimum Gasteiger partial charge on any atom is -0.497 e. The highest BCUT2D eigenvalue weighted by Gasteiger charge is 2.06. The van der Waals surface area contributed by atoms with Crippen LogP contribution in [0.1, 0.15) is 75.1 Å². The predicted octanol–water partition coefficient (Wildman–Crippen LogP) is 5.64. The summed E-state index contributed by atoms with van der Waals surface area (Å²) >= 11 is 1.43. The van der Waals surface area contributed by atoms with Crippen LogP contribution in [-0.4, -0.2) is 30.6 Å². The average Bonchev–Trinajstić information content (AvgIpc) is 2.65. The molecule has 0 heterocycles. The van der Waals surface area contributed by atoms with Crippen molar-refractivity contribution in [3.63, 3.8) is 0 Å². The Morgan fingerprint density at radius 1 is 0.846 bits per heavy atom. The predicted molar refractivity (Wildman–Crippen MR) is 108 cm³/mol. The van der Waals surface area contributed by atoms with E-state index in [0.717, 1.165) is 30.8 Å². The molecule has 0 N–H and O–H groups in total. The fraction of sp³-hybridized carbons (Fsp3) is 0.619. The van der Waals surface area contributed by atoms with E-state index in [1.165, 1.54) is 50.3 Å². The second-order valence-electron chi connectivity index (χ2n) is 6.39. The molecule has 0 aliphatic heterocycles. The molecule has 0 amide bonds. The van der Waals surface area contributed by atoms with E-state index in [1.807, 2.05) is 0 Å². The quantitative estimate of drug-likeness (QED) is 0.309. The first kappa shape index (κ1) is 22.6. The minimum absolute atomic E-state index is 0.222. The van der Waals surface area contributed by atoms with Gasteiger partial charge in [0, 0.05) is 12.7 Å². The fourth-order valence-electron chi connectivity index (χ4n) is 2.63. The number of methoxy groups -OCH3 is 1. The number of carbonyl (C=O) groups excluding carboxylic acids is 2. The second-order valence-corrected chi connectivity index (χ2v) is 7.66. The Labute approximate surface area is 162 Å². The summed E-state index contributed by atoms with van der Waals surface area (Å²) < 4.78 is 10.4. The van der Waals surface area contributed by atoms with E-state index >= 15 is 0 Å². The molecule has 5 heteroatoms. The van der Waals surface area contributed by atoms with Crippen molar-refractivity contribution in [3.05, 3.63) is 29.8 Å². The number of hydrogen-bond acceptors (Lipinski definition) is 5. The van der Waals surface area contributed by atoms with Gasteiger partial charge < -0.3 is 9.47 Å². The minimum atomic E-state index is -0.268. The van der Waals surface area contributed by atoms with E-state index in [1.54, 1.807) is 38.3 Å². The normalized spacial score (nSPS) is 10.5. The number of hydrogen-bond donors (Lipinski definition) is 0. The third-order valence-electron chi connectivity index (χ3n) is 4.15. The molecule has 26 heavy (non-hydrogen) atoms. The van der Waals surface area contributed by atoms with Crippen LogP contribution in [0.5, 0.6) is 5.75 Å². The summed E-state index contributed by atoms with van der Waals surface area (Å²) in [6, 6.07) is 6.97. The summed E-state index contributed by atoms with van der Waals surface area (Å²) in [6.45, 7) is 2.11. The van der Waals surface area contributed by atoms with Gasteiger partial charge in [0.1, 0.15) is 5.75 Å². The molecule has 0 saturated carbocycles. The van der Waals surface area contributed by atoms with Crippen molar-refractivity contribution in [2.45, 2.75) is 64.7 Å². The van der Waals surface area contributed by atoms with Gasteiger partial charge in [0.25, 0.3) is 0 Å². The zero-order valence-corrected chi connectivity index (χ0v) is 16.9. The highest BCUT2D eigenvalue weighted by atomic mass is 32.2. The molecule has 0 spiro atoms. The monoisotopic (exact) mass is 380 g/mol. The molecule has 0 radical (unpaired) electrons. The second kappa shape index (κ2) is 14.7. The molecule has 0 fully saturated rings. The Morgan fingerprint density at radius 2 is 1.38 bits per heavy atom. The summed E-state index contributed by atoms with van der Waals surface area (Å²) in [6.07, 6.45) is 10.6. The molecule has 1 aromatic rings. The van der Waals surface area contributed by atoms with Gasteiger partial charge in [0.2, 0.25) is 0 Å². The summed E-state index contributed by atoms with van der Waals surface area (Å²) in [4.78, 5) is 22.7. The smallest absolute Gasteiger partial charge is 0.338 e. The molecule has 0 unspecified atom stereocenters. The standard InChI is InChI=1S/C21H32O4S/c1-18(22)26-17-11-9-7-5-3-4-6-8-10-16-25-21(23)19-12-14-20(24-2)15-13-19/h12-15H,3-11,16-17H2,1-2H3. The molecular weight excluding hydrogens is 348 g/mol. The largest absolute Gasteiger partial charge is 0.497 e. The summed E-state index contributed by atoms with van der Waals surface area (Å²) in [7, 11) is 1.60. The van der Waals surface area contributed by atoms with Gasteiger partial charge >= 0.3 is 5.97 Å². The SMILES string of the molecule is COc1ccc(C(=O)OCCCCCCCCCCCSC(C)=O)cc1. The van der Waals surface area contributed by atoms with E-state index in [4.69, 9.17) is 9.47 Å². The third kappa shape index (κ3) is 11.2. The molecule has 146 valence electrons. The fourth-order valence-corrected chi connectivity index (χ4v) is 3.27. The molecule has 0 atom stereocenters. The van der Waals surface area contributed by atoms with Crippen LogP contribution in [-0.2, 0) is 9.53 Å². The van der Waals surface area contributed by atoms with Gasteiger partial charge in [-0.2, -0.15) is 0 Å². The molecular formula is C21H32O4S. The number of ether oxygens (including phenoxy) is 2. The molecule has 4 nitrogen and oxygen atoms in total. The lowest BCUT2D eigenvalue weighted by Gasteiger charge is -2.06. The molecule has 0 aliphatic carbocycles. The van der Waals surface area contributed by atoms with Crippen molar-refractivity contribution in [3.8, 4) is 5.75 Å². The van der Waals surface area contributed by atoms with Gasteiger partial charge in [-0.1, -0.05) is 56.7 Å². The van der Waals surface area contributed by atoms with Crippen LogP contribution in [0, 0.1) is 0 Å². The maximum Gasteiger partial charge on any atom is 0.338 e. The maximum absolute atomic E-state index is 11.9. The first-order chi connectivity index (χ1) is 12.6. The van der Waals surface area contributed by atoms with E-state index in [-0.39, 0.29) is 11.1 Å². The lowest BCUT2D eigenvalue weighted by Crippen LogP contribution is -2.06. The van der Waals surface area contributed by atoms with Crippen molar-refractivity contribution >= 4 is 22.8 Å². The number of rotatable bonds is 14. The van der Waals surface area contributed by atoms with Crippen molar-refractivity contribution in [2.75, 3.05) is 19.5 Å². The number of thioether (sulfide) groups is 1. The summed E-state index contributed by atoms with van der Waals surface area (Å²) in [5, 5.41) is 0.222. The molecule has 0 aromatic heterocycles. The molecule has 1 rings (SSSR count). The Bertz CT molecular complexity index is 513. The highest BCUT2D eigenvalue weighted by molar-refractivity contribution is 8.13. The first-order valence-electron chi connectivity index (χ1n) is 9.58. The van der Waals surface area contributed by atoms with E-state index in [0.29, 0.717) is 12.2 Å². The van der Waals surface area contributed by atoms with Gasteiger partial charge in [0.05, 0.1) is 19.3 Å². The van der Waals surface area contributed by atoms with Crippen molar-refractivity contribution in [2.24, 2.45) is 0 Å². The Morgan fingerprint density at radius 3 is 1.92 bits per heavy atom. The third-order valence-corrected chi connectivity index (χ3v) is 5.05. The van der Waals surface area contributed by atoms with Gasteiger partial charge in [0.15, 0.2) is 5.12 Å². The van der Waals surface area contributed by atoms with Gasteiger partial charge in [-0.25, -0.2) is 4.79 Å². The average molecular weight is 381 g/mol. The Kier molecular flexibility index (Phi) is 12.7. The van der Waals surface area contributed by atoms with Crippen LogP contribution in [0.2, 0.25) is 0 Å². The number of benzene rings is 1. The van der Waals surface area contributed by atoms with Crippen molar-refractivity contribution in [1.29, 1.82) is 0 Å². The molecule has 0 bridgehead atoms. The van der Waals surface area contributed by atoms with Crippen LogP contribution in [0.4, 0.5) is 0 Å². The maximum atomic E-state index is 11.9. The summed E-state index contributed by atoms with van der Waals surface area (Å²) in [5.41, 5.74) is 0.563. The lowest BCUT2D eigenvalue weighted by molar-refractivity contribution is -0.109. The zero-order chi connectivity index (χ0) is 19.0. The lowest BCUT2D eigenvalue weighted by atomic mass is 10.1. The number of unbranched alkanes of at least 4 members (excludes halogenated alkanes) is 8. The van der Waals surface area contributed by atoms with E-state index in [9.17, 15) is 9.59 Å². The topological polar surface area (TPSA) is 52.6 Å². The van der Waals surface area contributed by atoms with Gasteiger partial charge in [-0.3, -0.25) is 4.79 Å². The van der Waals surface area contributed by atoms with Crippen LogP contribution in [0.3, 0.4) is 0 Å². The van der Waals surface area contributed by atoms with Crippen LogP contribution >= 0.6 is 11.8 Å².